The van der Waals surface area contributed by atoms with Crippen molar-refractivity contribution in [2.24, 2.45) is 0 Å². The zero-order valence-electron chi connectivity index (χ0n) is 10.5. The molecule has 0 aliphatic rings. The lowest BCUT2D eigenvalue weighted by Crippen LogP contribution is -2.42. The monoisotopic (exact) mass is 302 g/mol. The number of hydrogen-bond acceptors (Lipinski definition) is 6. The van der Waals surface area contributed by atoms with Gasteiger partial charge >= 0.3 is 14.8 Å². The van der Waals surface area contributed by atoms with Crippen molar-refractivity contribution in [1.82, 2.24) is 0 Å². The fourth-order valence-electron chi connectivity index (χ4n) is 0.947. The average molecular weight is 302 g/mol. The predicted molar refractivity (Wildman–Crippen MR) is 76.2 cm³/mol. The number of thiol groups is 2. The molecule has 0 aliphatic carbocycles. The van der Waals surface area contributed by atoms with Crippen molar-refractivity contribution in [2.75, 3.05) is 32.8 Å². The van der Waals surface area contributed by atoms with Gasteiger partial charge in [-0.1, -0.05) is 0 Å². The van der Waals surface area contributed by atoms with Crippen LogP contribution in [0.15, 0.2) is 0 Å². The quantitative estimate of drug-likeness (QED) is 0.469. The van der Waals surface area contributed by atoms with Crippen LogP contribution in [0.25, 0.3) is 0 Å². The number of aliphatic carboxylic acids is 1. The summed E-state index contributed by atoms with van der Waals surface area (Å²) in [5.74, 6) is 0.477. The van der Waals surface area contributed by atoms with Crippen molar-refractivity contribution in [3.05, 3.63) is 0 Å². The summed E-state index contributed by atoms with van der Waals surface area (Å²) in [5, 5.41) is 7.86. The Morgan fingerprint density at radius 1 is 1.12 bits per heavy atom. The summed E-state index contributed by atoms with van der Waals surface area (Å²) in [6, 6.07) is 0.833. The highest BCUT2D eigenvalue weighted by molar-refractivity contribution is 7.80. The molecular weight excluding hydrogens is 280 g/mol. The van der Waals surface area contributed by atoms with Crippen LogP contribution in [0, 0.1) is 0 Å². The smallest absolute Gasteiger partial charge is 0.481 e. The number of carboxylic acids is 1. The summed E-state index contributed by atoms with van der Waals surface area (Å²) in [5.41, 5.74) is 0. The van der Waals surface area contributed by atoms with Gasteiger partial charge in [-0.3, -0.25) is 4.79 Å². The average Bonchev–Trinajstić information content (AvgIpc) is 2.32. The van der Waals surface area contributed by atoms with E-state index in [1.54, 1.807) is 21.3 Å². The lowest BCUT2D eigenvalue weighted by molar-refractivity contribution is -0.136. The summed E-state index contributed by atoms with van der Waals surface area (Å²) in [6.45, 7) is 0. The van der Waals surface area contributed by atoms with Crippen LogP contribution in [-0.2, 0) is 18.1 Å². The second-order valence-corrected chi connectivity index (χ2v) is 6.98. The highest BCUT2D eigenvalue weighted by Gasteiger charge is 2.36. The van der Waals surface area contributed by atoms with Crippen LogP contribution < -0.4 is 0 Å². The maximum absolute atomic E-state index is 9.55. The fraction of sp³-hybridized carbons (Fsp3) is 0.889. The van der Waals surface area contributed by atoms with E-state index in [4.69, 9.17) is 18.4 Å². The molecule has 0 fully saturated rings. The molecule has 1 N–H and O–H groups in total. The highest BCUT2D eigenvalue weighted by atomic mass is 32.1. The summed E-state index contributed by atoms with van der Waals surface area (Å²) in [6.07, 6.45) is 1.12. The summed E-state index contributed by atoms with van der Waals surface area (Å²) in [4.78, 5) is 9.55. The minimum atomic E-state index is -2.29. The Balaban J connectivity index is 0. The molecule has 0 atom stereocenters. The Hall–Kier alpha value is 0.267. The first kappa shape index (κ1) is 19.6. The van der Waals surface area contributed by atoms with Gasteiger partial charge in [0.15, 0.2) is 0 Å². The molecule has 0 aromatic rings. The van der Waals surface area contributed by atoms with Crippen molar-refractivity contribution < 1.29 is 23.2 Å². The molecule has 0 unspecified atom stereocenters. The molecular formula is C9H22O5S2Si. The third-order valence-corrected chi connectivity index (χ3v) is 5.27. The molecule has 0 saturated heterocycles. The molecule has 0 saturated carbocycles. The first-order chi connectivity index (χ1) is 8.01. The van der Waals surface area contributed by atoms with Gasteiger partial charge in [-0.05, 0) is 12.2 Å². The topological polar surface area (TPSA) is 65.0 Å². The number of carbonyl (C=O) groups is 1. The van der Waals surface area contributed by atoms with E-state index in [2.05, 4.69) is 25.3 Å². The molecule has 0 heterocycles. The minimum absolute atomic E-state index is 0.156. The standard InChI is InChI=1S/C6H16O3SSi.C3H6O2S/c1-7-11(8-2,9-3)6-4-5-10;4-3(5)1-2-6/h10H,4-6H2,1-3H3;6H,1-2H2,(H,4,5). The molecule has 0 aliphatic heterocycles. The van der Waals surface area contributed by atoms with Gasteiger partial charge in [-0.25, -0.2) is 0 Å². The van der Waals surface area contributed by atoms with E-state index in [9.17, 15) is 4.79 Å². The van der Waals surface area contributed by atoms with Gasteiger partial charge < -0.3 is 18.4 Å². The van der Waals surface area contributed by atoms with E-state index in [-0.39, 0.29) is 6.42 Å². The molecule has 0 rings (SSSR count). The fourth-order valence-corrected chi connectivity index (χ4v) is 3.32. The van der Waals surface area contributed by atoms with Crippen LogP contribution >= 0.6 is 25.3 Å². The van der Waals surface area contributed by atoms with Gasteiger partial charge in [0.2, 0.25) is 0 Å². The highest BCUT2D eigenvalue weighted by Crippen LogP contribution is 2.14. The second kappa shape index (κ2) is 12.7. The molecule has 0 amide bonds. The van der Waals surface area contributed by atoms with Crippen molar-refractivity contribution in [3.8, 4) is 0 Å². The van der Waals surface area contributed by atoms with Crippen molar-refractivity contribution in [2.45, 2.75) is 18.9 Å². The van der Waals surface area contributed by atoms with Crippen molar-refractivity contribution in [1.29, 1.82) is 0 Å². The van der Waals surface area contributed by atoms with Gasteiger partial charge in [0.25, 0.3) is 0 Å². The predicted octanol–water partition coefficient (Wildman–Crippen LogP) is 1.58. The third kappa shape index (κ3) is 11.1. The Morgan fingerprint density at radius 2 is 1.59 bits per heavy atom. The lowest BCUT2D eigenvalue weighted by Gasteiger charge is -2.23. The van der Waals surface area contributed by atoms with Gasteiger partial charge in [0.05, 0.1) is 6.42 Å². The van der Waals surface area contributed by atoms with E-state index in [1.807, 2.05) is 0 Å². The summed E-state index contributed by atoms with van der Waals surface area (Å²) >= 11 is 7.78. The Bertz CT molecular complexity index is 182. The van der Waals surface area contributed by atoms with Crippen LogP contribution in [0.3, 0.4) is 0 Å². The number of hydrogen-bond donors (Lipinski definition) is 3. The van der Waals surface area contributed by atoms with Gasteiger partial charge in [0, 0.05) is 33.1 Å². The molecule has 5 nitrogen and oxygen atoms in total. The second-order valence-electron chi connectivity index (χ2n) is 2.99. The minimum Gasteiger partial charge on any atom is -0.481 e. The van der Waals surface area contributed by atoms with E-state index >= 15 is 0 Å². The van der Waals surface area contributed by atoms with Gasteiger partial charge in [-0.15, -0.1) is 0 Å². The van der Waals surface area contributed by atoms with E-state index < -0.39 is 14.8 Å². The Kier molecular flexibility index (Phi) is 14.7. The maximum atomic E-state index is 9.55. The molecule has 0 radical (unpaired) electrons. The molecule has 0 spiro atoms. The number of rotatable bonds is 8. The zero-order valence-corrected chi connectivity index (χ0v) is 13.3. The molecule has 0 bridgehead atoms. The van der Waals surface area contributed by atoms with Crippen molar-refractivity contribution in [3.63, 3.8) is 0 Å². The van der Waals surface area contributed by atoms with E-state index in [1.165, 1.54) is 0 Å². The van der Waals surface area contributed by atoms with E-state index in [0.717, 1.165) is 18.2 Å². The first-order valence-electron chi connectivity index (χ1n) is 5.10. The first-order valence-corrected chi connectivity index (χ1v) is 8.30. The van der Waals surface area contributed by atoms with Crippen LogP contribution in [-0.4, -0.2) is 52.7 Å². The Morgan fingerprint density at radius 3 is 1.76 bits per heavy atom. The largest absolute Gasteiger partial charge is 0.500 e. The van der Waals surface area contributed by atoms with Crippen LogP contribution in [0.4, 0.5) is 0 Å². The van der Waals surface area contributed by atoms with Crippen molar-refractivity contribution >= 4 is 40.0 Å². The van der Waals surface area contributed by atoms with Gasteiger partial charge in [0.1, 0.15) is 0 Å². The normalized spacial score (nSPS) is 10.6. The lowest BCUT2D eigenvalue weighted by atomic mass is 10.5. The van der Waals surface area contributed by atoms with Crippen LogP contribution in [0.1, 0.15) is 12.8 Å². The summed E-state index contributed by atoms with van der Waals surface area (Å²) < 4.78 is 15.6. The maximum Gasteiger partial charge on any atom is 0.500 e. The molecule has 0 aromatic carbocycles. The van der Waals surface area contributed by atoms with Crippen LogP contribution in [0.2, 0.25) is 6.04 Å². The molecule has 104 valence electrons. The molecule has 0 aromatic heterocycles. The van der Waals surface area contributed by atoms with E-state index in [0.29, 0.717) is 5.75 Å². The Labute approximate surface area is 115 Å². The molecule has 8 heteroatoms. The van der Waals surface area contributed by atoms with Gasteiger partial charge in [-0.2, -0.15) is 25.3 Å². The summed E-state index contributed by atoms with van der Waals surface area (Å²) in [7, 11) is 2.58. The number of carboxylic acid groups (broad SMARTS) is 1. The van der Waals surface area contributed by atoms with Crippen LogP contribution in [0.5, 0.6) is 0 Å². The molecule has 17 heavy (non-hydrogen) atoms. The SMILES string of the molecule is CO[Si](CCCS)(OC)OC.O=C(O)CCS. The zero-order chi connectivity index (χ0) is 13.7. The third-order valence-electron chi connectivity index (χ3n) is 1.90.